The van der Waals surface area contributed by atoms with Crippen LogP contribution in [0.4, 0.5) is 5.95 Å². The average molecular weight is 219 g/mol. The molecule has 4 N–H and O–H groups in total. The Bertz CT molecular complexity index is 488. The number of aromatic hydroxyl groups is 2. The molecule has 6 heteroatoms. The number of hydrogen-bond acceptors (Lipinski definition) is 4. The quantitative estimate of drug-likeness (QED) is 0.607. The fraction of sp³-hybridized carbons (Fsp3) is 0. The molecule has 0 radical (unpaired) electrons. The third kappa shape index (κ3) is 2.11. The van der Waals surface area contributed by atoms with Gasteiger partial charge in [0.15, 0.2) is 0 Å². The largest absolute Gasteiger partial charge is 0.508 e. The highest BCUT2D eigenvalue weighted by molar-refractivity contribution is 6.03. The predicted molar refractivity (Wildman–Crippen MR) is 56.3 cm³/mol. The number of aromatic amines is 1. The number of carbonyl (C=O) groups excluding carboxylic acids is 1. The summed E-state index contributed by atoms with van der Waals surface area (Å²) in [6, 6.07) is 3.64. The highest BCUT2D eigenvalue weighted by atomic mass is 16.3. The van der Waals surface area contributed by atoms with Crippen molar-refractivity contribution >= 4 is 11.9 Å². The zero-order valence-corrected chi connectivity index (χ0v) is 8.14. The minimum atomic E-state index is -0.471. The molecule has 1 amide bonds. The number of phenolic OH excluding ortho intramolecular Hbond substituents is 2. The smallest absolute Gasteiger partial charge is 0.258 e. The highest BCUT2D eigenvalue weighted by Crippen LogP contribution is 2.20. The second-order valence-electron chi connectivity index (χ2n) is 3.13. The van der Waals surface area contributed by atoms with Gasteiger partial charge in [-0.25, -0.2) is 4.98 Å². The normalized spacial score (nSPS) is 10.0. The molecule has 1 heterocycles. The van der Waals surface area contributed by atoms with Crippen molar-refractivity contribution in [2.24, 2.45) is 0 Å². The molecule has 1 aromatic carbocycles. The fourth-order valence-electron chi connectivity index (χ4n) is 1.24. The van der Waals surface area contributed by atoms with Gasteiger partial charge < -0.3 is 15.2 Å². The Morgan fingerprint density at radius 3 is 2.50 bits per heavy atom. The van der Waals surface area contributed by atoms with Gasteiger partial charge in [-0.3, -0.25) is 10.1 Å². The maximum absolute atomic E-state index is 11.6. The number of anilines is 1. The number of benzene rings is 1. The van der Waals surface area contributed by atoms with Crippen LogP contribution in [0.25, 0.3) is 0 Å². The van der Waals surface area contributed by atoms with E-state index in [0.29, 0.717) is 5.95 Å². The molecule has 1 aromatic heterocycles. The zero-order chi connectivity index (χ0) is 11.5. The van der Waals surface area contributed by atoms with E-state index in [9.17, 15) is 15.0 Å². The van der Waals surface area contributed by atoms with E-state index in [0.717, 1.165) is 6.07 Å². The number of nitrogens with zero attached hydrogens (tertiary/aromatic N) is 1. The summed E-state index contributed by atoms with van der Waals surface area (Å²) in [5.74, 6) is -0.525. The molecule has 0 bridgehead atoms. The van der Waals surface area contributed by atoms with E-state index in [1.807, 2.05) is 0 Å². The molecule has 0 atom stereocenters. The number of phenols is 2. The fourth-order valence-corrected chi connectivity index (χ4v) is 1.24. The van der Waals surface area contributed by atoms with E-state index in [2.05, 4.69) is 15.3 Å². The van der Waals surface area contributed by atoms with Crippen LogP contribution in [0.15, 0.2) is 30.6 Å². The van der Waals surface area contributed by atoms with E-state index < -0.39 is 5.91 Å². The number of imidazole rings is 1. The topological polar surface area (TPSA) is 98.2 Å². The molecule has 0 unspecified atom stereocenters. The third-order valence-electron chi connectivity index (χ3n) is 1.89. The zero-order valence-electron chi connectivity index (χ0n) is 8.14. The van der Waals surface area contributed by atoms with Gasteiger partial charge in [-0.2, -0.15) is 0 Å². The lowest BCUT2D eigenvalue weighted by Crippen LogP contribution is -2.12. The van der Waals surface area contributed by atoms with Crippen LogP contribution in [0.1, 0.15) is 10.4 Å². The second-order valence-corrected chi connectivity index (χ2v) is 3.13. The molecular formula is C10H9N3O3. The minimum absolute atomic E-state index is 0.147. The van der Waals surface area contributed by atoms with Crippen LogP contribution < -0.4 is 5.32 Å². The number of rotatable bonds is 2. The monoisotopic (exact) mass is 219 g/mol. The number of aromatic nitrogens is 2. The number of nitrogens with one attached hydrogen (secondary N) is 2. The first-order chi connectivity index (χ1) is 7.65. The van der Waals surface area contributed by atoms with Gasteiger partial charge in [-0.15, -0.1) is 0 Å². The van der Waals surface area contributed by atoms with Crippen molar-refractivity contribution < 1.29 is 15.0 Å². The summed E-state index contributed by atoms with van der Waals surface area (Å²) in [5, 5.41) is 20.9. The van der Waals surface area contributed by atoms with E-state index in [1.165, 1.54) is 18.3 Å². The Labute approximate surface area is 90.6 Å². The van der Waals surface area contributed by atoms with Crippen molar-refractivity contribution in [3.8, 4) is 11.5 Å². The van der Waals surface area contributed by atoms with Crippen LogP contribution >= 0.6 is 0 Å². The van der Waals surface area contributed by atoms with Crippen LogP contribution in [0.3, 0.4) is 0 Å². The summed E-state index contributed by atoms with van der Waals surface area (Å²) in [6.45, 7) is 0. The van der Waals surface area contributed by atoms with Gasteiger partial charge in [0.25, 0.3) is 5.91 Å². The van der Waals surface area contributed by atoms with Gasteiger partial charge >= 0.3 is 0 Å². The van der Waals surface area contributed by atoms with Crippen LogP contribution in [0.5, 0.6) is 11.5 Å². The number of amides is 1. The molecule has 0 aliphatic rings. The average Bonchev–Trinajstić information content (AvgIpc) is 2.68. The second kappa shape index (κ2) is 3.93. The Hall–Kier alpha value is -2.50. The standard InChI is InChI=1S/C10H9N3O3/c14-7-3-6(4-8(15)5-7)9(16)13-10-11-1-2-12-10/h1-5,14-15H,(H2,11,12,13,16). The summed E-state index contributed by atoms with van der Waals surface area (Å²) in [6.07, 6.45) is 3.06. The third-order valence-corrected chi connectivity index (χ3v) is 1.89. The first kappa shape index (κ1) is 10.0. The first-order valence-corrected chi connectivity index (χ1v) is 4.49. The molecule has 0 saturated heterocycles. The molecule has 0 aliphatic heterocycles. The molecule has 2 rings (SSSR count). The first-order valence-electron chi connectivity index (χ1n) is 4.49. The summed E-state index contributed by atoms with van der Waals surface area (Å²) in [7, 11) is 0. The number of hydrogen-bond donors (Lipinski definition) is 4. The van der Waals surface area contributed by atoms with Crippen LogP contribution in [-0.2, 0) is 0 Å². The molecule has 16 heavy (non-hydrogen) atoms. The Morgan fingerprint density at radius 2 is 1.94 bits per heavy atom. The van der Waals surface area contributed by atoms with Crippen LogP contribution in [0, 0.1) is 0 Å². The van der Waals surface area contributed by atoms with Gasteiger partial charge in [-0.05, 0) is 12.1 Å². The van der Waals surface area contributed by atoms with E-state index in [-0.39, 0.29) is 17.1 Å². The summed E-state index contributed by atoms with van der Waals surface area (Å²) >= 11 is 0. The Balaban J connectivity index is 2.21. The molecular weight excluding hydrogens is 210 g/mol. The van der Waals surface area contributed by atoms with E-state index >= 15 is 0 Å². The summed E-state index contributed by atoms with van der Waals surface area (Å²) in [4.78, 5) is 18.1. The lowest BCUT2D eigenvalue weighted by Gasteiger charge is -2.03. The highest BCUT2D eigenvalue weighted by Gasteiger charge is 2.09. The molecule has 0 fully saturated rings. The van der Waals surface area contributed by atoms with Gasteiger partial charge in [0.2, 0.25) is 5.95 Å². The molecule has 0 aliphatic carbocycles. The SMILES string of the molecule is O=C(Nc1ncc[nH]1)c1cc(O)cc(O)c1. The van der Waals surface area contributed by atoms with Gasteiger partial charge in [0.05, 0.1) is 0 Å². The van der Waals surface area contributed by atoms with Crippen molar-refractivity contribution in [2.45, 2.75) is 0 Å². The lowest BCUT2D eigenvalue weighted by molar-refractivity contribution is 0.102. The maximum atomic E-state index is 11.6. The summed E-state index contributed by atoms with van der Waals surface area (Å²) in [5.41, 5.74) is 0.147. The lowest BCUT2D eigenvalue weighted by atomic mass is 10.2. The van der Waals surface area contributed by atoms with E-state index in [4.69, 9.17) is 0 Å². The maximum Gasteiger partial charge on any atom is 0.258 e. The van der Waals surface area contributed by atoms with Crippen molar-refractivity contribution in [1.29, 1.82) is 0 Å². The molecule has 2 aromatic rings. The van der Waals surface area contributed by atoms with Crippen molar-refractivity contribution in [2.75, 3.05) is 5.32 Å². The van der Waals surface area contributed by atoms with E-state index in [1.54, 1.807) is 6.20 Å². The minimum Gasteiger partial charge on any atom is -0.508 e. The van der Waals surface area contributed by atoms with Gasteiger partial charge in [0, 0.05) is 24.0 Å². The summed E-state index contributed by atoms with van der Waals surface area (Å²) < 4.78 is 0. The van der Waals surface area contributed by atoms with Crippen LogP contribution in [0.2, 0.25) is 0 Å². The van der Waals surface area contributed by atoms with Crippen molar-refractivity contribution in [3.05, 3.63) is 36.2 Å². The molecule has 6 nitrogen and oxygen atoms in total. The molecule has 0 saturated carbocycles. The van der Waals surface area contributed by atoms with Crippen LogP contribution in [-0.4, -0.2) is 26.1 Å². The number of carbonyl (C=O) groups is 1. The Morgan fingerprint density at radius 1 is 1.25 bits per heavy atom. The number of H-pyrrole nitrogens is 1. The van der Waals surface area contributed by atoms with Crippen molar-refractivity contribution in [1.82, 2.24) is 9.97 Å². The molecule has 82 valence electrons. The van der Waals surface area contributed by atoms with Gasteiger partial charge in [0.1, 0.15) is 11.5 Å². The predicted octanol–water partition coefficient (Wildman–Crippen LogP) is 1.07. The van der Waals surface area contributed by atoms with Crippen molar-refractivity contribution in [3.63, 3.8) is 0 Å². The molecule has 0 spiro atoms. The Kier molecular flexibility index (Phi) is 2.47. The van der Waals surface area contributed by atoms with Gasteiger partial charge in [-0.1, -0.05) is 0 Å².